The number of halogens is 3. The molecule has 1 aliphatic rings. The van der Waals surface area contributed by atoms with Gasteiger partial charge in [-0.2, -0.15) is 0 Å². The van der Waals surface area contributed by atoms with Gasteiger partial charge in [0.05, 0.1) is 46.1 Å². The van der Waals surface area contributed by atoms with Crippen molar-refractivity contribution in [2.45, 2.75) is 19.6 Å². The SMILES string of the molecule is COC(=O)C1=C(C)N=c2s/c(=C\c3ccc(OC)c(COc4c(Cl)cc(Cl)cc4Cl)c3)c(=O)n2[C@@H]1c1ccccc1. The summed E-state index contributed by atoms with van der Waals surface area (Å²) in [5, 5.41) is 0.971. The largest absolute Gasteiger partial charge is 0.496 e. The van der Waals surface area contributed by atoms with Crippen LogP contribution in [-0.4, -0.2) is 24.8 Å². The highest BCUT2D eigenvalue weighted by molar-refractivity contribution is 7.07. The van der Waals surface area contributed by atoms with Crippen LogP contribution in [0.4, 0.5) is 0 Å². The molecule has 0 saturated carbocycles. The molecule has 5 rings (SSSR count). The van der Waals surface area contributed by atoms with Crippen molar-refractivity contribution < 1.29 is 19.0 Å². The summed E-state index contributed by atoms with van der Waals surface area (Å²) in [7, 11) is 2.87. The Bertz CT molecular complexity index is 1840. The number of allylic oxidation sites excluding steroid dienone is 1. The first-order valence-corrected chi connectivity index (χ1v) is 14.3. The Morgan fingerprint density at radius 3 is 2.41 bits per heavy atom. The average Bonchev–Trinajstić information content (AvgIpc) is 3.25. The van der Waals surface area contributed by atoms with Crippen molar-refractivity contribution in [3.8, 4) is 11.5 Å². The summed E-state index contributed by atoms with van der Waals surface area (Å²) in [5.41, 5.74) is 2.77. The number of carbonyl (C=O) groups excluding carboxylic acids is 1. The average molecular weight is 630 g/mol. The van der Waals surface area contributed by atoms with Gasteiger partial charge in [-0.25, -0.2) is 9.79 Å². The number of esters is 1. The van der Waals surface area contributed by atoms with E-state index in [1.165, 1.54) is 18.4 Å². The van der Waals surface area contributed by atoms with E-state index in [1.54, 1.807) is 42.9 Å². The summed E-state index contributed by atoms with van der Waals surface area (Å²) >= 11 is 19.8. The maximum absolute atomic E-state index is 13.8. The van der Waals surface area contributed by atoms with Crippen LogP contribution in [-0.2, 0) is 16.1 Å². The predicted molar refractivity (Wildman–Crippen MR) is 161 cm³/mol. The van der Waals surface area contributed by atoms with E-state index in [9.17, 15) is 9.59 Å². The number of aromatic nitrogens is 1. The molecule has 7 nitrogen and oxygen atoms in total. The first-order valence-electron chi connectivity index (χ1n) is 12.3. The minimum Gasteiger partial charge on any atom is -0.496 e. The van der Waals surface area contributed by atoms with Gasteiger partial charge in [0.25, 0.3) is 5.56 Å². The zero-order valence-corrected chi connectivity index (χ0v) is 25.2. The van der Waals surface area contributed by atoms with Crippen LogP contribution in [0.5, 0.6) is 11.5 Å². The molecule has 1 aliphatic heterocycles. The summed E-state index contributed by atoms with van der Waals surface area (Å²) in [6.45, 7) is 1.84. The zero-order chi connectivity index (χ0) is 29.3. The van der Waals surface area contributed by atoms with Gasteiger partial charge in [-0.05, 0) is 48.4 Å². The topological polar surface area (TPSA) is 79.1 Å². The van der Waals surface area contributed by atoms with Crippen molar-refractivity contribution in [3.05, 3.63) is 123 Å². The molecule has 210 valence electrons. The van der Waals surface area contributed by atoms with Crippen LogP contribution >= 0.6 is 46.1 Å². The Hall–Kier alpha value is -3.56. The van der Waals surface area contributed by atoms with E-state index in [2.05, 4.69) is 4.99 Å². The minimum absolute atomic E-state index is 0.100. The maximum atomic E-state index is 13.8. The summed E-state index contributed by atoms with van der Waals surface area (Å²) in [6, 6.07) is 17.3. The van der Waals surface area contributed by atoms with Crippen LogP contribution in [0.1, 0.15) is 29.7 Å². The van der Waals surface area contributed by atoms with E-state index in [4.69, 9.17) is 49.0 Å². The van der Waals surface area contributed by atoms with Gasteiger partial charge in [0.15, 0.2) is 10.6 Å². The van der Waals surface area contributed by atoms with Crippen molar-refractivity contribution >= 4 is 58.2 Å². The van der Waals surface area contributed by atoms with Gasteiger partial charge >= 0.3 is 5.97 Å². The second kappa shape index (κ2) is 12.1. The first kappa shape index (κ1) is 29.0. The third kappa shape index (κ3) is 5.78. The lowest BCUT2D eigenvalue weighted by atomic mass is 9.96. The number of ether oxygens (including phenoxy) is 3. The monoisotopic (exact) mass is 628 g/mol. The van der Waals surface area contributed by atoms with Crippen molar-refractivity contribution in [2.24, 2.45) is 4.99 Å². The normalized spacial score (nSPS) is 14.9. The number of hydrogen-bond acceptors (Lipinski definition) is 7. The quantitative estimate of drug-likeness (QED) is 0.236. The lowest BCUT2D eigenvalue weighted by Crippen LogP contribution is -2.39. The molecular weight excluding hydrogens is 607 g/mol. The van der Waals surface area contributed by atoms with E-state index in [-0.39, 0.29) is 22.2 Å². The van der Waals surface area contributed by atoms with Crippen molar-refractivity contribution in [2.75, 3.05) is 14.2 Å². The summed E-state index contributed by atoms with van der Waals surface area (Å²) in [5.74, 6) is 0.360. The van der Waals surface area contributed by atoms with Crippen LogP contribution in [0.3, 0.4) is 0 Å². The van der Waals surface area contributed by atoms with Gasteiger partial charge in [-0.3, -0.25) is 9.36 Å². The Labute approximate surface area is 254 Å². The van der Waals surface area contributed by atoms with Crippen LogP contribution in [0.2, 0.25) is 15.1 Å². The van der Waals surface area contributed by atoms with E-state index < -0.39 is 12.0 Å². The molecule has 0 unspecified atom stereocenters. The van der Waals surface area contributed by atoms with Gasteiger partial charge in [0.2, 0.25) is 0 Å². The van der Waals surface area contributed by atoms with Crippen molar-refractivity contribution in [1.82, 2.24) is 4.57 Å². The van der Waals surface area contributed by atoms with Gasteiger partial charge in [-0.1, -0.05) is 82.5 Å². The molecule has 0 bridgehead atoms. The van der Waals surface area contributed by atoms with Crippen molar-refractivity contribution in [1.29, 1.82) is 0 Å². The first-order chi connectivity index (χ1) is 19.7. The molecule has 0 amide bonds. The second-order valence-electron chi connectivity index (χ2n) is 9.04. The molecule has 1 atom stereocenters. The summed E-state index contributed by atoms with van der Waals surface area (Å²) in [6.07, 6.45) is 1.77. The fourth-order valence-electron chi connectivity index (χ4n) is 4.61. The molecule has 0 saturated heterocycles. The smallest absolute Gasteiger partial charge is 0.338 e. The van der Waals surface area contributed by atoms with Gasteiger partial charge in [0.1, 0.15) is 12.4 Å². The molecule has 0 spiro atoms. The van der Waals surface area contributed by atoms with Gasteiger partial charge in [-0.15, -0.1) is 0 Å². The number of hydrogen-bond donors (Lipinski definition) is 0. The zero-order valence-electron chi connectivity index (χ0n) is 22.1. The molecule has 0 aliphatic carbocycles. The van der Waals surface area contributed by atoms with E-state index in [0.29, 0.717) is 42.7 Å². The molecule has 0 radical (unpaired) electrons. The Morgan fingerprint density at radius 1 is 1.05 bits per heavy atom. The number of nitrogens with zero attached hydrogens (tertiary/aromatic N) is 2. The fourth-order valence-corrected chi connectivity index (χ4v) is 6.59. The highest BCUT2D eigenvalue weighted by Gasteiger charge is 2.32. The lowest BCUT2D eigenvalue weighted by molar-refractivity contribution is -0.136. The molecule has 0 fully saturated rings. The lowest BCUT2D eigenvalue weighted by Gasteiger charge is -2.24. The highest BCUT2D eigenvalue weighted by Crippen LogP contribution is 2.37. The third-order valence-corrected chi connectivity index (χ3v) is 8.24. The highest BCUT2D eigenvalue weighted by atomic mass is 35.5. The predicted octanol–water partition coefficient (Wildman–Crippen LogP) is 5.96. The summed E-state index contributed by atoms with van der Waals surface area (Å²) in [4.78, 5) is 31.7. The Morgan fingerprint density at radius 2 is 1.76 bits per heavy atom. The maximum Gasteiger partial charge on any atom is 0.338 e. The standard InChI is InChI=1S/C30H23Cl3N2O5S/c1-16-25(29(37)39-3)26(18-7-5-4-6-8-18)35-28(36)24(41-30(35)34-16)12-17-9-10-23(38-2)19(11-17)15-40-27-21(32)13-20(31)14-22(27)33/h4-14,26H,15H2,1-3H3/b24-12-/t26-/m1/s1. The molecule has 0 N–H and O–H groups in total. The van der Waals surface area contributed by atoms with E-state index in [1.807, 2.05) is 42.5 Å². The number of benzene rings is 3. The minimum atomic E-state index is -0.671. The third-order valence-electron chi connectivity index (χ3n) is 6.48. The second-order valence-corrected chi connectivity index (χ2v) is 11.3. The summed E-state index contributed by atoms with van der Waals surface area (Å²) < 4.78 is 18.5. The number of rotatable bonds is 7. The number of thiazole rings is 1. The van der Waals surface area contributed by atoms with Gasteiger partial charge in [0, 0.05) is 10.6 Å². The van der Waals surface area contributed by atoms with Crippen molar-refractivity contribution in [3.63, 3.8) is 0 Å². The molecule has 41 heavy (non-hydrogen) atoms. The molecule has 3 aromatic carbocycles. The Kier molecular flexibility index (Phi) is 8.56. The number of fused-ring (bicyclic) bond motifs is 1. The number of carbonyl (C=O) groups is 1. The molecular formula is C30H23Cl3N2O5S. The molecule has 2 heterocycles. The van der Waals surface area contributed by atoms with Gasteiger partial charge < -0.3 is 14.2 Å². The van der Waals surface area contributed by atoms with Crippen LogP contribution < -0.4 is 24.4 Å². The van der Waals surface area contributed by atoms with Crippen LogP contribution in [0, 0.1) is 0 Å². The van der Waals surface area contributed by atoms with Crippen LogP contribution in [0.15, 0.2) is 81.7 Å². The molecule has 1 aromatic heterocycles. The fraction of sp³-hybridized carbons (Fsp3) is 0.167. The van der Waals surface area contributed by atoms with E-state index in [0.717, 1.165) is 11.1 Å². The molecule has 4 aromatic rings. The van der Waals surface area contributed by atoms with E-state index >= 15 is 0 Å². The number of methoxy groups -OCH3 is 2. The van der Waals surface area contributed by atoms with Crippen LogP contribution in [0.25, 0.3) is 6.08 Å². The molecule has 11 heteroatoms. The Balaban J connectivity index is 1.57.